The Balaban J connectivity index is 3.42. The molecule has 0 heterocycles. The largest absolute Gasteiger partial charge is 0.393 e. The molecule has 0 aromatic carbocycles. The zero-order chi connectivity index (χ0) is 20.4. The van der Waals surface area contributed by atoms with E-state index < -0.39 is 15.4 Å². The predicted molar refractivity (Wildman–Crippen MR) is 116 cm³/mol. The van der Waals surface area contributed by atoms with Crippen molar-refractivity contribution < 1.29 is 18.1 Å². The first kappa shape index (κ1) is 26.9. The molecule has 0 aromatic rings. The third kappa shape index (κ3) is 17.7. The molecule has 0 spiro atoms. The van der Waals surface area contributed by atoms with Gasteiger partial charge in [-0.05, 0) is 25.7 Å². The van der Waals surface area contributed by atoms with Crippen molar-refractivity contribution in [2.75, 3.05) is 0 Å². The van der Waals surface area contributed by atoms with Gasteiger partial charge in [-0.2, -0.15) is 8.42 Å². The molecule has 2 unspecified atom stereocenters. The van der Waals surface area contributed by atoms with Crippen LogP contribution in [0.3, 0.4) is 0 Å². The van der Waals surface area contributed by atoms with Gasteiger partial charge in [0.25, 0.3) is 10.1 Å². The van der Waals surface area contributed by atoms with Crippen LogP contribution in [-0.4, -0.2) is 29.4 Å². The summed E-state index contributed by atoms with van der Waals surface area (Å²) in [6.45, 7) is 4.17. The highest BCUT2D eigenvalue weighted by Gasteiger charge is 2.20. The van der Waals surface area contributed by atoms with Crippen LogP contribution in [0.5, 0.6) is 0 Å². The summed E-state index contributed by atoms with van der Waals surface area (Å²) in [7, 11) is -3.87. The van der Waals surface area contributed by atoms with Gasteiger partial charge < -0.3 is 5.11 Å². The average Bonchev–Trinajstić information content (AvgIpc) is 2.61. The lowest BCUT2D eigenvalue weighted by molar-refractivity contribution is 0.147. The highest BCUT2D eigenvalue weighted by Crippen LogP contribution is 2.18. The second-order valence-electron chi connectivity index (χ2n) is 8.19. The van der Waals surface area contributed by atoms with Gasteiger partial charge in [0.15, 0.2) is 0 Å². The van der Waals surface area contributed by atoms with Crippen LogP contribution in [0.1, 0.15) is 129 Å². The van der Waals surface area contributed by atoms with E-state index in [4.69, 9.17) is 0 Å². The highest BCUT2D eigenvalue weighted by atomic mass is 32.2. The second kappa shape index (κ2) is 17.9. The van der Waals surface area contributed by atoms with Gasteiger partial charge in [-0.25, -0.2) is 0 Å². The van der Waals surface area contributed by atoms with Crippen LogP contribution in [0.25, 0.3) is 0 Å². The fraction of sp³-hybridized carbons (Fsp3) is 1.00. The molecule has 4 nitrogen and oxygen atoms in total. The van der Waals surface area contributed by atoms with E-state index >= 15 is 0 Å². The standard InChI is InChI=1S/C22H46O4S/c1-3-5-6-11-14-18-21(23)19-15-12-9-7-8-10-13-16-20-22(17-4-2)27(24,25)26/h21-23H,3-20H2,1-2H3,(H,24,25,26). The minimum Gasteiger partial charge on any atom is -0.393 e. The van der Waals surface area contributed by atoms with Crippen molar-refractivity contribution in [3.8, 4) is 0 Å². The summed E-state index contributed by atoms with van der Waals surface area (Å²) in [5.41, 5.74) is 0. The molecule has 0 saturated carbocycles. The van der Waals surface area contributed by atoms with Crippen molar-refractivity contribution in [1.82, 2.24) is 0 Å². The van der Waals surface area contributed by atoms with Gasteiger partial charge in [0.05, 0.1) is 11.4 Å². The molecule has 0 amide bonds. The van der Waals surface area contributed by atoms with Crippen molar-refractivity contribution in [3.63, 3.8) is 0 Å². The maximum Gasteiger partial charge on any atom is 0.267 e. The Morgan fingerprint density at radius 1 is 0.593 bits per heavy atom. The maximum absolute atomic E-state index is 11.3. The summed E-state index contributed by atoms with van der Waals surface area (Å²) in [6.07, 6.45) is 19.1. The van der Waals surface area contributed by atoms with Crippen LogP contribution in [0.2, 0.25) is 0 Å². The molecule has 164 valence electrons. The quantitative estimate of drug-likeness (QED) is 0.175. The molecule has 0 aliphatic carbocycles. The first-order chi connectivity index (χ1) is 12.9. The van der Waals surface area contributed by atoms with Gasteiger partial charge in [-0.3, -0.25) is 4.55 Å². The van der Waals surface area contributed by atoms with E-state index in [9.17, 15) is 18.1 Å². The topological polar surface area (TPSA) is 74.6 Å². The summed E-state index contributed by atoms with van der Waals surface area (Å²) in [4.78, 5) is 0. The average molecular weight is 407 g/mol. The van der Waals surface area contributed by atoms with Gasteiger partial charge in [0.1, 0.15) is 0 Å². The van der Waals surface area contributed by atoms with E-state index in [1.807, 2.05) is 6.92 Å². The molecular formula is C22H46O4S. The Kier molecular flexibility index (Phi) is 17.8. The number of hydrogen-bond donors (Lipinski definition) is 2. The number of rotatable bonds is 20. The molecule has 2 atom stereocenters. The Bertz CT molecular complexity index is 409. The Labute approximate surface area is 169 Å². The number of unbranched alkanes of at least 4 members (excludes halogenated alkanes) is 11. The van der Waals surface area contributed by atoms with Crippen molar-refractivity contribution in [3.05, 3.63) is 0 Å². The van der Waals surface area contributed by atoms with E-state index in [0.717, 1.165) is 51.4 Å². The minimum absolute atomic E-state index is 0.106. The van der Waals surface area contributed by atoms with Crippen LogP contribution in [-0.2, 0) is 10.1 Å². The molecule has 2 N–H and O–H groups in total. The van der Waals surface area contributed by atoms with E-state index in [1.54, 1.807) is 0 Å². The Morgan fingerprint density at radius 2 is 1.00 bits per heavy atom. The lowest BCUT2D eigenvalue weighted by Gasteiger charge is -2.12. The highest BCUT2D eigenvalue weighted by molar-refractivity contribution is 7.86. The number of hydrogen-bond acceptors (Lipinski definition) is 3. The first-order valence-corrected chi connectivity index (χ1v) is 13.1. The predicted octanol–water partition coefficient (Wildman–Crippen LogP) is 6.67. The molecule has 0 aliphatic heterocycles. The molecule has 27 heavy (non-hydrogen) atoms. The van der Waals surface area contributed by atoms with Crippen molar-refractivity contribution in [2.45, 2.75) is 141 Å². The summed E-state index contributed by atoms with van der Waals surface area (Å²) in [5, 5.41) is 9.42. The zero-order valence-electron chi connectivity index (χ0n) is 18.0. The smallest absolute Gasteiger partial charge is 0.267 e. The summed E-state index contributed by atoms with van der Waals surface area (Å²) in [5.74, 6) is 0. The van der Waals surface area contributed by atoms with Crippen LogP contribution in [0, 0.1) is 0 Å². The molecule has 5 heteroatoms. The van der Waals surface area contributed by atoms with Crippen molar-refractivity contribution in [2.24, 2.45) is 0 Å². The zero-order valence-corrected chi connectivity index (χ0v) is 18.8. The van der Waals surface area contributed by atoms with Gasteiger partial charge >= 0.3 is 0 Å². The number of aliphatic hydroxyl groups excluding tert-OH is 1. The van der Waals surface area contributed by atoms with Crippen LogP contribution >= 0.6 is 0 Å². The summed E-state index contributed by atoms with van der Waals surface area (Å²) >= 11 is 0. The molecule has 0 aromatic heterocycles. The first-order valence-electron chi connectivity index (χ1n) is 11.6. The van der Waals surface area contributed by atoms with E-state index in [2.05, 4.69) is 6.92 Å². The molecule has 0 radical (unpaired) electrons. The normalized spacial score (nSPS) is 14.4. The number of aliphatic hydroxyl groups is 1. The van der Waals surface area contributed by atoms with Gasteiger partial charge in [-0.1, -0.05) is 104 Å². The third-order valence-electron chi connectivity index (χ3n) is 5.49. The van der Waals surface area contributed by atoms with E-state index in [1.165, 1.54) is 51.4 Å². The maximum atomic E-state index is 11.3. The summed E-state index contributed by atoms with van der Waals surface area (Å²) in [6, 6.07) is 0. The van der Waals surface area contributed by atoms with Crippen molar-refractivity contribution in [1.29, 1.82) is 0 Å². The van der Waals surface area contributed by atoms with E-state index in [-0.39, 0.29) is 6.10 Å². The molecule has 0 aliphatic rings. The lowest BCUT2D eigenvalue weighted by atomic mass is 10.0. The minimum atomic E-state index is -3.87. The van der Waals surface area contributed by atoms with Crippen LogP contribution < -0.4 is 0 Å². The fourth-order valence-electron chi connectivity index (χ4n) is 3.70. The van der Waals surface area contributed by atoms with Crippen LogP contribution in [0.15, 0.2) is 0 Å². The molecule has 0 fully saturated rings. The SMILES string of the molecule is CCCCCCCC(O)CCCCCCCCCCC(CCC)S(=O)(=O)O. The van der Waals surface area contributed by atoms with Gasteiger partial charge in [-0.15, -0.1) is 0 Å². The monoisotopic (exact) mass is 406 g/mol. The lowest BCUT2D eigenvalue weighted by Crippen LogP contribution is -2.20. The third-order valence-corrected chi connectivity index (χ3v) is 6.80. The molecule has 0 saturated heterocycles. The van der Waals surface area contributed by atoms with Gasteiger partial charge in [0, 0.05) is 0 Å². The second-order valence-corrected chi connectivity index (χ2v) is 9.88. The van der Waals surface area contributed by atoms with E-state index in [0.29, 0.717) is 12.8 Å². The summed E-state index contributed by atoms with van der Waals surface area (Å²) < 4.78 is 31.8. The van der Waals surface area contributed by atoms with Gasteiger partial charge in [0.2, 0.25) is 0 Å². The van der Waals surface area contributed by atoms with Crippen LogP contribution in [0.4, 0.5) is 0 Å². The fourth-order valence-corrected chi connectivity index (χ4v) is 4.70. The van der Waals surface area contributed by atoms with Crippen molar-refractivity contribution >= 4 is 10.1 Å². The Morgan fingerprint density at radius 3 is 1.41 bits per heavy atom. The molecule has 0 rings (SSSR count). The molecular weight excluding hydrogens is 360 g/mol. The molecule has 0 bridgehead atoms. The Hall–Kier alpha value is -0.130.